The number of halogens is 3. The molecule has 0 bridgehead atoms. The van der Waals surface area contributed by atoms with Gasteiger partial charge in [0.05, 0.1) is 18.6 Å². The quantitative estimate of drug-likeness (QED) is 0.599. The number of carbonyl (C=O) groups is 1. The first-order valence-corrected chi connectivity index (χ1v) is 8.97. The van der Waals surface area contributed by atoms with Crippen LogP contribution in [-0.4, -0.2) is 37.4 Å². The van der Waals surface area contributed by atoms with E-state index < -0.39 is 12.7 Å². The number of aromatic amines is 1. The predicted octanol–water partition coefficient (Wildman–Crippen LogP) is 3.07. The first-order chi connectivity index (χ1) is 12.9. The second-order valence-electron chi connectivity index (χ2n) is 6.74. The lowest BCUT2D eigenvalue weighted by Gasteiger charge is -2.29. The zero-order valence-electron chi connectivity index (χ0n) is 15.3. The normalized spacial score (nSPS) is 23.6. The van der Waals surface area contributed by atoms with Crippen LogP contribution in [-0.2, 0) is 4.79 Å². The first-order valence-electron chi connectivity index (χ1n) is 8.97. The number of H-pyrrole nitrogens is 1. The minimum atomic E-state index is -4.06. The van der Waals surface area contributed by atoms with Crippen LogP contribution in [0.2, 0.25) is 0 Å². The number of aliphatic imine (C=N–C) groups is 1. The number of rotatable bonds is 4. The van der Waals surface area contributed by atoms with E-state index in [4.69, 9.17) is 5.73 Å². The molecule has 0 spiro atoms. The van der Waals surface area contributed by atoms with Crippen molar-refractivity contribution < 1.29 is 18.0 Å². The smallest absolute Gasteiger partial charge is 0.400 e. The maximum atomic E-state index is 11.0. The molecular weight excluding hydrogens is 359 g/mol. The van der Waals surface area contributed by atoms with Gasteiger partial charge in [0.1, 0.15) is 12.1 Å². The van der Waals surface area contributed by atoms with Gasteiger partial charge in [-0.25, -0.2) is 4.99 Å². The molecule has 1 aliphatic carbocycles. The Morgan fingerprint density at radius 3 is 2.63 bits per heavy atom. The lowest BCUT2D eigenvalue weighted by atomic mass is 9.79. The molecule has 0 radical (unpaired) electrons. The summed E-state index contributed by atoms with van der Waals surface area (Å²) in [5.74, 6) is 1.80. The molecule has 1 aromatic heterocycles. The van der Waals surface area contributed by atoms with E-state index in [9.17, 15) is 18.0 Å². The van der Waals surface area contributed by atoms with Gasteiger partial charge in [0.25, 0.3) is 0 Å². The van der Waals surface area contributed by atoms with Crippen molar-refractivity contribution in [2.75, 3.05) is 13.6 Å². The summed E-state index contributed by atoms with van der Waals surface area (Å²) in [7, 11) is 1.26. The van der Waals surface area contributed by atoms with E-state index >= 15 is 0 Å². The van der Waals surface area contributed by atoms with Gasteiger partial charge in [-0.1, -0.05) is 0 Å². The molecule has 0 atom stereocenters. The van der Waals surface area contributed by atoms with Crippen molar-refractivity contribution in [1.82, 2.24) is 15.6 Å². The van der Waals surface area contributed by atoms with Gasteiger partial charge in [-0.05, 0) is 44.7 Å². The summed E-state index contributed by atoms with van der Waals surface area (Å²) in [4.78, 5) is 17.9. The Morgan fingerprint density at radius 1 is 1.37 bits per heavy atom. The van der Waals surface area contributed by atoms with E-state index in [0.29, 0.717) is 18.3 Å². The zero-order chi connectivity index (χ0) is 19.9. The molecule has 27 heavy (non-hydrogen) atoms. The number of nitrogens with one attached hydrogen (secondary N) is 3. The summed E-state index contributed by atoms with van der Waals surface area (Å²) in [6.45, 7) is -0.910. The van der Waals surface area contributed by atoms with Gasteiger partial charge in [0.2, 0.25) is 0 Å². The molecule has 2 aliphatic rings. The molecule has 9 heteroatoms. The highest BCUT2D eigenvalue weighted by Gasteiger charge is 2.26. The Bertz CT molecular complexity index is 673. The van der Waals surface area contributed by atoms with Crippen molar-refractivity contribution in [3.05, 3.63) is 23.5 Å². The van der Waals surface area contributed by atoms with E-state index in [1.807, 2.05) is 17.6 Å². The molecule has 150 valence electrons. The molecule has 0 saturated heterocycles. The Hall–Kier alpha value is -2.29. The van der Waals surface area contributed by atoms with Crippen LogP contribution in [0, 0.1) is 11.8 Å². The predicted molar refractivity (Wildman–Crippen MR) is 99.3 cm³/mol. The Morgan fingerprint density at radius 2 is 2.07 bits per heavy atom. The Labute approximate surface area is 156 Å². The largest absolute Gasteiger partial charge is 0.401 e. The molecule has 6 nitrogen and oxygen atoms in total. The molecule has 3 rings (SSSR count). The third-order valence-corrected chi connectivity index (χ3v) is 4.78. The van der Waals surface area contributed by atoms with Crippen molar-refractivity contribution in [3.8, 4) is 0 Å². The van der Waals surface area contributed by atoms with Gasteiger partial charge in [-0.3, -0.25) is 0 Å². The van der Waals surface area contributed by atoms with E-state index in [1.54, 1.807) is 6.34 Å². The molecule has 1 fully saturated rings. The standard InChI is InChI=1S/C15H20N4O.C3H6F3N/c16-13(11-3-1-10(2-4-11)6-8-20)14-12-5-7-17-15(12)19-9-18-14;1-7-2-3(4,5)6/h5,7-11,17H,1-4,6,16H2,(H,18,19);7H,2H2,1H3/b14-13-;. The number of aromatic nitrogens is 1. The molecule has 0 amide bonds. The topological polar surface area (TPSA) is 95.3 Å². The van der Waals surface area contributed by atoms with Crippen LogP contribution in [0.5, 0.6) is 0 Å². The average molecular weight is 385 g/mol. The molecular formula is C18H26F3N5O. The third-order valence-electron chi connectivity index (χ3n) is 4.78. The van der Waals surface area contributed by atoms with E-state index in [1.165, 1.54) is 7.05 Å². The van der Waals surface area contributed by atoms with Crippen molar-refractivity contribution in [2.24, 2.45) is 22.6 Å². The minimum absolute atomic E-state index is 0.398. The number of hydrogen-bond donors (Lipinski definition) is 4. The van der Waals surface area contributed by atoms with Crippen LogP contribution < -0.4 is 16.4 Å². The van der Waals surface area contributed by atoms with E-state index in [-0.39, 0.29) is 0 Å². The van der Waals surface area contributed by atoms with Crippen LogP contribution >= 0.6 is 0 Å². The highest BCUT2D eigenvalue weighted by molar-refractivity contribution is 5.87. The van der Waals surface area contributed by atoms with Crippen LogP contribution in [0.1, 0.15) is 37.7 Å². The summed E-state index contributed by atoms with van der Waals surface area (Å²) >= 11 is 0. The van der Waals surface area contributed by atoms with Crippen molar-refractivity contribution in [3.63, 3.8) is 0 Å². The Kier molecular flexibility index (Phi) is 7.46. The van der Waals surface area contributed by atoms with Crippen LogP contribution in [0.4, 0.5) is 19.0 Å². The third kappa shape index (κ3) is 6.13. The lowest BCUT2D eigenvalue weighted by molar-refractivity contribution is -0.123. The maximum Gasteiger partial charge on any atom is 0.401 e. The fourth-order valence-corrected chi connectivity index (χ4v) is 3.40. The lowest BCUT2D eigenvalue weighted by Crippen LogP contribution is -2.25. The van der Waals surface area contributed by atoms with Gasteiger partial charge in [-0.2, -0.15) is 13.2 Å². The van der Waals surface area contributed by atoms with Gasteiger partial charge >= 0.3 is 6.18 Å². The summed E-state index contributed by atoms with van der Waals surface area (Å²) in [6, 6.07) is 2.00. The van der Waals surface area contributed by atoms with Gasteiger partial charge < -0.3 is 26.1 Å². The summed E-state index contributed by atoms with van der Waals surface area (Å²) < 4.78 is 33.0. The van der Waals surface area contributed by atoms with E-state index in [0.717, 1.165) is 54.7 Å². The molecule has 1 aromatic rings. The second-order valence-corrected chi connectivity index (χ2v) is 6.74. The summed E-state index contributed by atoms with van der Waals surface area (Å²) in [6.07, 6.45) is 5.53. The number of allylic oxidation sites excluding steroid dienone is 1. The monoisotopic (exact) mass is 385 g/mol. The summed E-state index contributed by atoms with van der Waals surface area (Å²) in [5, 5.41) is 5.16. The zero-order valence-corrected chi connectivity index (χ0v) is 15.3. The number of nitrogens with zero attached hydrogens (tertiary/aromatic N) is 1. The Balaban J connectivity index is 0.000000321. The van der Waals surface area contributed by atoms with E-state index in [2.05, 4.69) is 15.3 Å². The van der Waals surface area contributed by atoms with Gasteiger partial charge in [0, 0.05) is 29.8 Å². The fraction of sp³-hybridized carbons (Fsp3) is 0.556. The highest BCUT2D eigenvalue weighted by atomic mass is 19.4. The van der Waals surface area contributed by atoms with Crippen molar-refractivity contribution in [2.45, 2.75) is 38.3 Å². The highest BCUT2D eigenvalue weighted by Crippen LogP contribution is 2.36. The number of carbonyl (C=O) groups excluding carboxylic acids is 1. The van der Waals surface area contributed by atoms with Crippen LogP contribution in [0.25, 0.3) is 5.70 Å². The van der Waals surface area contributed by atoms with Crippen molar-refractivity contribution >= 4 is 24.1 Å². The SMILES string of the molecule is CNCC(F)(F)F.N/C(=C1\NC=Nc2[nH]ccc21)C1CCC(CC=O)CC1. The van der Waals surface area contributed by atoms with Gasteiger partial charge in [-0.15, -0.1) is 0 Å². The number of fused-ring (bicyclic) bond motifs is 1. The van der Waals surface area contributed by atoms with Crippen molar-refractivity contribution in [1.29, 1.82) is 0 Å². The van der Waals surface area contributed by atoms with Crippen LogP contribution in [0.3, 0.4) is 0 Å². The number of nitrogens with two attached hydrogens (primary N) is 1. The number of hydrogen-bond acceptors (Lipinski definition) is 5. The number of alkyl halides is 3. The first kappa shape index (κ1) is 21.0. The second kappa shape index (κ2) is 9.59. The molecule has 2 heterocycles. The number of aldehydes is 1. The molecule has 0 unspecified atom stereocenters. The van der Waals surface area contributed by atoms with Crippen LogP contribution in [0.15, 0.2) is 23.0 Å². The molecule has 0 aromatic carbocycles. The summed E-state index contributed by atoms with van der Waals surface area (Å²) in [5.41, 5.74) is 9.33. The van der Waals surface area contributed by atoms with Gasteiger partial charge in [0.15, 0.2) is 0 Å². The molecule has 1 saturated carbocycles. The average Bonchev–Trinajstić information content (AvgIpc) is 3.10. The molecule has 1 aliphatic heterocycles. The fourth-order valence-electron chi connectivity index (χ4n) is 3.40. The molecule has 5 N–H and O–H groups in total. The minimum Gasteiger partial charge on any atom is -0.400 e. The maximum absolute atomic E-state index is 11.0.